The van der Waals surface area contributed by atoms with Crippen LogP contribution in [-0.4, -0.2) is 17.6 Å². The Morgan fingerprint density at radius 1 is 1.50 bits per heavy atom. The van der Waals surface area contributed by atoms with E-state index in [-0.39, 0.29) is 18.0 Å². The van der Waals surface area contributed by atoms with Crippen molar-refractivity contribution in [2.75, 3.05) is 0 Å². The maximum Gasteiger partial charge on any atom is 0.342 e. The molecule has 2 N–H and O–H groups in total. The summed E-state index contributed by atoms with van der Waals surface area (Å²) >= 11 is 0. The van der Waals surface area contributed by atoms with Crippen LogP contribution in [0.15, 0.2) is 5.16 Å². The van der Waals surface area contributed by atoms with Crippen LogP contribution in [0.25, 0.3) is 0 Å². The molecule has 0 aromatic heterocycles. The van der Waals surface area contributed by atoms with Crippen molar-refractivity contribution < 1.29 is 14.4 Å². The lowest BCUT2D eigenvalue weighted by Gasteiger charge is -1.95. The topological polar surface area (TPSA) is 81.8 Å². The van der Waals surface area contributed by atoms with E-state index in [1.54, 1.807) is 6.92 Å². The number of nitrogens with two attached hydrogens (primary N) is 1. The van der Waals surface area contributed by atoms with Gasteiger partial charge in [0.15, 0.2) is 0 Å². The zero-order valence-electron chi connectivity index (χ0n) is 7.16. The molecule has 5 heteroatoms. The van der Waals surface area contributed by atoms with E-state index in [1.165, 1.54) is 6.92 Å². The minimum atomic E-state index is -0.682. The Kier molecular flexibility index (Phi) is 4.67. The summed E-state index contributed by atoms with van der Waals surface area (Å²) in [7, 11) is 0. The van der Waals surface area contributed by atoms with Crippen LogP contribution < -0.4 is 5.73 Å². The first-order valence-electron chi connectivity index (χ1n) is 3.57. The first kappa shape index (κ1) is 10.6. The van der Waals surface area contributed by atoms with E-state index in [0.29, 0.717) is 6.42 Å². The fraction of sp³-hybridized carbons (Fsp3) is 0.571. The summed E-state index contributed by atoms with van der Waals surface area (Å²) in [5, 5.41) is 3.29. The van der Waals surface area contributed by atoms with Gasteiger partial charge in [-0.05, 0) is 6.92 Å². The van der Waals surface area contributed by atoms with Crippen molar-refractivity contribution in [3.8, 4) is 0 Å². The highest BCUT2D eigenvalue weighted by molar-refractivity contribution is 5.94. The summed E-state index contributed by atoms with van der Waals surface area (Å²) in [6, 6.07) is 0. The maximum atomic E-state index is 10.7. The lowest BCUT2D eigenvalue weighted by Crippen LogP contribution is -2.13. The lowest BCUT2D eigenvalue weighted by atomic mass is 10.3. The highest BCUT2D eigenvalue weighted by Gasteiger charge is 2.05. The van der Waals surface area contributed by atoms with Crippen LogP contribution in [0.5, 0.6) is 0 Å². The number of carbonyl (C=O) groups excluding carboxylic acids is 2. The molecule has 0 unspecified atom stereocenters. The van der Waals surface area contributed by atoms with E-state index in [1.807, 2.05) is 0 Å². The second-order valence-corrected chi connectivity index (χ2v) is 2.28. The zero-order valence-corrected chi connectivity index (χ0v) is 7.16. The molecule has 0 aliphatic heterocycles. The Labute approximate surface area is 70.6 Å². The van der Waals surface area contributed by atoms with E-state index in [0.717, 1.165) is 0 Å². The predicted molar refractivity (Wildman–Crippen MR) is 43.3 cm³/mol. The third-order valence-corrected chi connectivity index (χ3v) is 1.02. The molecule has 0 rings (SSSR count). The molecule has 12 heavy (non-hydrogen) atoms. The number of hydrogen-bond acceptors (Lipinski definition) is 4. The maximum absolute atomic E-state index is 10.7. The van der Waals surface area contributed by atoms with Gasteiger partial charge in [0, 0.05) is 6.42 Å². The van der Waals surface area contributed by atoms with Crippen molar-refractivity contribution in [3.05, 3.63) is 0 Å². The average Bonchev–Trinajstić information content (AvgIpc) is 1.99. The van der Waals surface area contributed by atoms with Crippen molar-refractivity contribution in [2.45, 2.75) is 26.7 Å². The number of hydrogen-bond donors (Lipinski definition) is 1. The van der Waals surface area contributed by atoms with E-state index < -0.39 is 5.97 Å². The summed E-state index contributed by atoms with van der Waals surface area (Å²) in [5.41, 5.74) is 5.24. The molecular weight excluding hydrogens is 160 g/mol. The zero-order chi connectivity index (χ0) is 9.56. The molecule has 0 saturated heterocycles. The van der Waals surface area contributed by atoms with Crippen LogP contribution >= 0.6 is 0 Å². The molecule has 0 atom stereocenters. The van der Waals surface area contributed by atoms with Gasteiger partial charge in [-0.15, -0.1) is 0 Å². The number of nitrogens with zero attached hydrogens (tertiary/aromatic N) is 1. The molecule has 0 aromatic carbocycles. The summed E-state index contributed by atoms with van der Waals surface area (Å²) < 4.78 is 0. The quantitative estimate of drug-likeness (QED) is 0.216. The van der Waals surface area contributed by atoms with Gasteiger partial charge in [0.1, 0.15) is 18.0 Å². The predicted octanol–water partition coefficient (Wildman–Crippen LogP) is 0.191. The molecule has 0 heterocycles. The van der Waals surface area contributed by atoms with E-state index in [4.69, 9.17) is 5.73 Å². The van der Waals surface area contributed by atoms with Gasteiger partial charge in [-0.1, -0.05) is 12.1 Å². The van der Waals surface area contributed by atoms with Gasteiger partial charge in [0.05, 0.1) is 0 Å². The second-order valence-electron chi connectivity index (χ2n) is 2.28. The van der Waals surface area contributed by atoms with Crippen molar-refractivity contribution in [1.29, 1.82) is 0 Å². The van der Waals surface area contributed by atoms with Gasteiger partial charge in [0.2, 0.25) is 0 Å². The fourth-order valence-corrected chi connectivity index (χ4v) is 0.410. The first-order chi connectivity index (χ1) is 5.56. The molecule has 0 fully saturated rings. The van der Waals surface area contributed by atoms with Crippen molar-refractivity contribution >= 4 is 17.6 Å². The Balaban J connectivity index is 3.78. The van der Waals surface area contributed by atoms with Gasteiger partial charge in [-0.3, -0.25) is 4.79 Å². The Morgan fingerprint density at radius 2 is 2.08 bits per heavy atom. The number of ketones is 1. The Morgan fingerprint density at radius 3 is 2.50 bits per heavy atom. The fourth-order valence-electron chi connectivity index (χ4n) is 0.410. The number of amidine groups is 1. The summed E-state index contributed by atoms with van der Waals surface area (Å²) in [4.78, 5) is 25.4. The molecule has 0 spiro atoms. The number of carbonyl (C=O) groups is 2. The van der Waals surface area contributed by atoms with Crippen LogP contribution in [0, 0.1) is 0 Å². The van der Waals surface area contributed by atoms with Crippen LogP contribution in [-0.2, 0) is 14.4 Å². The van der Waals surface area contributed by atoms with Gasteiger partial charge in [0.25, 0.3) is 0 Å². The first-order valence-corrected chi connectivity index (χ1v) is 3.57. The molecule has 0 saturated carbocycles. The third kappa shape index (κ3) is 5.40. The molecule has 5 nitrogen and oxygen atoms in total. The molecule has 68 valence electrons. The van der Waals surface area contributed by atoms with Crippen molar-refractivity contribution in [3.63, 3.8) is 0 Å². The summed E-state index contributed by atoms with van der Waals surface area (Å²) in [6.07, 6.45) is 0.244. The number of Topliss-reactive ketones (excluding diaryl/α,β-unsaturated/α-hetero) is 1. The molecule has 0 radical (unpaired) electrons. The Hall–Kier alpha value is -1.39. The van der Waals surface area contributed by atoms with E-state index in [2.05, 4.69) is 9.99 Å². The summed E-state index contributed by atoms with van der Waals surface area (Å²) in [5.74, 6) is -0.712. The van der Waals surface area contributed by atoms with E-state index in [9.17, 15) is 9.59 Å². The normalized spacial score (nSPS) is 11.0. The standard InChI is InChI=1S/C7H12N2O3/c1-3-6(8)9-12-7(11)4-5(2)10/h3-4H2,1-2H3,(H2,8,9). The minimum absolute atomic E-state index is 0.229. The smallest absolute Gasteiger partial charge is 0.342 e. The van der Waals surface area contributed by atoms with Crippen LogP contribution in [0.4, 0.5) is 0 Å². The summed E-state index contributed by atoms with van der Waals surface area (Å²) in [6.45, 7) is 3.08. The largest absolute Gasteiger partial charge is 0.384 e. The number of rotatable bonds is 4. The molecule has 0 aromatic rings. The molecule has 0 aliphatic carbocycles. The van der Waals surface area contributed by atoms with Crippen LogP contribution in [0.2, 0.25) is 0 Å². The minimum Gasteiger partial charge on any atom is -0.384 e. The van der Waals surface area contributed by atoms with Crippen LogP contribution in [0.1, 0.15) is 26.7 Å². The number of oxime groups is 1. The van der Waals surface area contributed by atoms with Gasteiger partial charge in [-0.25, -0.2) is 4.79 Å². The molecule has 0 bridgehead atoms. The lowest BCUT2D eigenvalue weighted by molar-refractivity contribution is -0.145. The molecule has 0 amide bonds. The van der Waals surface area contributed by atoms with Crippen LogP contribution in [0.3, 0.4) is 0 Å². The second kappa shape index (κ2) is 5.29. The highest BCUT2D eigenvalue weighted by Crippen LogP contribution is 1.89. The average molecular weight is 172 g/mol. The van der Waals surface area contributed by atoms with Crippen molar-refractivity contribution in [1.82, 2.24) is 0 Å². The van der Waals surface area contributed by atoms with Gasteiger partial charge >= 0.3 is 5.97 Å². The SMILES string of the molecule is CC/C(N)=N/OC(=O)CC(C)=O. The molecular formula is C7H12N2O3. The molecule has 0 aliphatic rings. The van der Waals surface area contributed by atoms with E-state index >= 15 is 0 Å². The van der Waals surface area contributed by atoms with Gasteiger partial charge in [-0.2, -0.15) is 0 Å². The third-order valence-electron chi connectivity index (χ3n) is 1.02. The van der Waals surface area contributed by atoms with Crippen molar-refractivity contribution in [2.24, 2.45) is 10.9 Å². The highest BCUT2D eigenvalue weighted by atomic mass is 16.7. The Bertz CT molecular complexity index is 211. The van der Waals surface area contributed by atoms with Gasteiger partial charge < -0.3 is 10.6 Å². The monoisotopic (exact) mass is 172 g/mol.